The molecule has 0 fully saturated rings. The number of rotatable bonds is 7. The van der Waals surface area contributed by atoms with E-state index in [9.17, 15) is 0 Å². The molecule has 2 heteroatoms. The summed E-state index contributed by atoms with van der Waals surface area (Å²) in [5, 5.41) is 0. The fourth-order valence-corrected chi connectivity index (χ4v) is 2.56. The van der Waals surface area contributed by atoms with Crippen LogP contribution in [0, 0.1) is 0 Å². The Hall–Kier alpha value is -2.74. The minimum Gasteiger partial charge on any atom is -0.490 e. The molecule has 24 heavy (non-hydrogen) atoms. The minimum absolute atomic E-state index is 0.0258. The van der Waals surface area contributed by atoms with Crippen molar-refractivity contribution in [2.75, 3.05) is 6.61 Å². The molecule has 0 saturated carbocycles. The summed E-state index contributed by atoms with van der Waals surface area (Å²) in [7, 11) is 0. The van der Waals surface area contributed by atoms with Gasteiger partial charge in [-0.3, -0.25) is 0 Å². The predicted octanol–water partition coefficient (Wildman–Crippen LogP) is 5.12. The minimum atomic E-state index is -0.0258. The SMILES string of the molecule is CC(COc1ccccc1)Oc1ccccc1Cc1ccccc1. The van der Waals surface area contributed by atoms with Crippen LogP contribution in [0.3, 0.4) is 0 Å². The Morgan fingerprint density at radius 3 is 2.12 bits per heavy atom. The number of benzene rings is 3. The molecule has 0 aliphatic heterocycles. The van der Waals surface area contributed by atoms with Gasteiger partial charge in [-0.15, -0.1) is 0 Å². The third kappa shape index (κ3) is 4.63. The Bertz CT molecular complexity index is 738. The molecular weight excluding hydrogens is 296 g/mol. The highest BCUT2D eigenvalue weighted by atomic mass is 16.5. The first-order chi connectivity index (χ1) is 11.8. The van der Waals surface area contributed by atoms with E-state index in [1.807, 2.05) is 55.5 Å². The molecule has 1 unspecified atom stereocenters. The van der Waals surface area contributed by atoms with E-state index in [4.69, 9.17) is 9.47 Å². The van der Waals surface area contributed by atoms with E-state index in [2.05, 4.69) is 36.4 Å². The van der Waals surface area contributed by atoms with E-state index < -0.39 is 0 Å². The van der Waals surface area contributed by atoms with Gasteiger partial charge in [-0.25, -0.2) is 0 Å². The van der Waals surface area contributed by atoms with Crippen LogP contribution < -0.4 is 9.47 Å². The molecule has 1 atom stereocenters. The molecule has 3 aromatic rings. The van der Waals surface area contributed by atoms with E-state index >= 15 is 0 Å². The normalized spacial score (nSPS) is 11.7. The number of ether oxygens (including phenoxy) is 2. The van der Waals surface area contributed by atoms with Crippen molar-refractivity contribution in [1.82, 2.24) is 0 Å². The van der Waals surface area contributed by atoms with Crippen LogP contribution in [0.15, 0.2) is 84.9 Å². The van der Waals surface area contributed by atoms with E-state index in [1.54, 1.807) is 0 Å². The zero-order valence-corrected chi connectivity index (χ0v) is 13.9. The highest BCUT2D eigenvalue weighted by molar-refractivity contribution is 5.37. The first kappa shape index (κ1) is 16.1. The maximum Gasteiger partial charge on any atom is 0.130 e. The van der Waals surface area contributed by atoms with Crippen LogP contribution in [-0.2, 0) is 6.42 Å². The van der Waals surface area contributed by atoms with Gasteiger partial charge in [0.1, 0.15) is 24.2 Å². The molecule has 0 bridgehead atoms. The quantitative estimate of drug-likeness (QED) is 0.601. The Kier molecular flexibility index (Phi) is 5.52. The second kappa shape index (κ2) is 8.21. The molecule has 2 nitrogen and oxygen atoms in total. The Morgan fingerprint density at radius 1 is 0.750 bits per heavy atom. The average molecular weight is 318 g/mol. The molecule has 0 amide bonds. The van der Waals surface area contributed by atoms with Gasteiger partial charge in [-0.05, 0) is 36.2 Å². The van der Waals surface area contributed by atoms with Crippen molar-refractivity contribution in [2.45, 2.75) is 19.4 Å². The van der Waals surface area contributed by atoms with Gasteiger partial charge >= 0.3 is 0 Å². The summed E-state index contributed by atoms with van der Waals surface area (Å²) >= 11 is 0. The molecular formula is C22H22O2. The van der Waals surface area contributed by atoms with E-state index in [0.717, 1.165) is 17.9 Å². The standard InChI is InChI=1S/C22H22O2/c1-18(17-23-21-13-6-3-7-14-21)24-22-15-9-8-12-20(22)16-19-10-4-2-5-11-19/h2-15,18H,16-17H2,1H3. The predicted molar refractivity (Wildman–Crippen MR) is 97.7 cm³/mol. The average Bonchev–Trinajstić information content (AvgIpc) is 2.63. The summed E-state index contributed by atoms with van der Waals surface area (Å²) in [6.45, 7) is 2.55. The summed E-state index contributed by atoms with van der Waals surface area (Å²) in [4.78, 5) is 0. The van der Waals surface area contributed by atoms with Crippen molar-refractivity contribution in [3.05, 3.63) is 96.1 Å². The fraction of sp³-hybridized carbons (Fsp3) is 0.182. The van der Waals surface area contributed by atoms with Gasteiger partial charge in [0.2, 0.25) is 0 Å². The van der Waals surface area contributed by atoms with Crippen LogP contribution in [0.5, 0.6) is 11.5 Å². The van der Waals surface area contributed by atoms with Gasteiger partial charge in [0.25, 0.3) is 0 Å². The lowest BCUT2D eigenvalue weighted by Gasteiger charge is -2.18. The van der Waals surface area contributed by atoms with Gasteiger partial charge in [0.05, 0.1) is 0 Å². The second-order valence-corrected chi connectivity index (χ2v) is 5.82. The van der Waals surface area contributed by atoms with Gasteiger partial charge in [-0.2, -0.15) is 0 Å². The molecule has 3 aromatic carbocycles. The zero-order chi connectivity index (χ0) is 16.6. The first-order valence-electron chi connectivity index (χ1n) is 8.27. The zero-order valence-electron chi connectivity index (χ0n) is 13.9. The van der Waals surface area contributed by atoms with Gasteiger partial charge in [0, 0.05) is 6.42 Å². The fourth-order valence-electron chi connectivity index (χ4n) is 2.56. The second-order valence-electron chi connectivity index (χ2n) is 5.82. The van der Waals surface area contributed by atoms with E-state index in [-0.39, 0.29) is 6.10 Å². The lowest BCUT2D eigenvalue weighted by Crippen LogP contribution is -2.21. The van der Waals surface area contributed by atoms with Gasteiger partial charge in [0.15, 0.2) is 0 Å². The monoisotopic (exact) mass is 318 g/mol. The molecule has 0 spiro atoms. The molecule has 0 radical (unpaired) electrons. The lowest BCUT2D eigenvalue weighted by molar-refractivity contribution is 0.142. The summed E-state index contributed by atoms with van der Waals surface area (Å²) in [5.74, 6) is 1.79. The van der Waals surface area contributed by atoms with Crippen LogP contribution in [0.1, 0.15) is 18.1 Å². The summed E-state index contributed by atoms with van der Waals surface area (Å²) in [6, 6.07) is 28.5. The molecule has 0 aliphatic carbocycles. The largest absolute Gasteiger partial charge is 0.490 e. The highest BCUT2D eigenvalue weighted by Crippen LogP contribution is 2.23. The lowest BCUT2D eigenvalue weighted by atomic mass is 10.0. The van der Waals surface area contributed by atoms with Crippen molar-refractivity contribution >= 4 is 0 Å². The molecule has 0 N–H and O–H groups in total. The molecule has 122 valence electrons. The van der Waals surface area contributed by atoms with Crippen LogP contribution in [0.2, 0.25) is 0 Å². The maximum atomic E-state index is 6.11. The smallest absolute Gasteiger partial charge is 0.130 e. The topological polar surface area (TPSA) is 18.5 Å². The third-order valence-corrected chi connectivity index (χ3v) is 3.77. The summed E-state index contributed by atoms with van der Waals surface area (Å²) in [6.07, 6.45) is 0.839. The number of hydrogen-bond acceptors (Lipinski definition) is 2. The Labute approximate surface area is 143 Å². The third-order valence-electron chi connectivity index (χ3n) is 3.77. The van der Waals surface area contributed by atoms with Crippen molar-refractivity contribution in [2.24, 2.45) is 0 Å². The van der Waals surface area contributed by atoms with Crippen molar-refractivity contribution in [3.63, 3.8) is 0 Å². The molecule has 0 aromatic heterocycles. The summed E-state index contributed by atoms with van der Waals surface area (Å²) in [5.41, 5.74) is 2.47. The van der Waals surface area contributed by atoms with Gasteiger partial charge < -0.3 is 9.47 Å². The van der Waals surface area contributed by atoms with Crippen LogP contribution in [0.25, 0.3) is 0 Å². The maximum absolute atomic E-state index is 6.11. The Balaban J connectivity index is 1.62. The molecule has 0 heterocycles. The van der Waals surface area contributed by atoms with Gasteiger partial charge in [-0.1, -0.05) is 66.7 Å². The van der Waals surface area contributed by atoms with E-state index in [1.165, 1.54) is 11.1 Å². The molecule has 0 saturated heterocycles. The van der Waals surface area contributed by atoms with Crippen molar-refractivity contribution < 1.29 is 9.47 Å². The molecule has 3 rings (SSSR count). The van der Waals surface area contributed by atoms with Crippen LogP contribution in [0.4, 0.5) is 0 Å². The number of hydrogen-bond donors (Lipinski definition) is 0. The van der Waals surface area contributed by atoms with Crippen LogP contribution >= 0.6 is 0 Å². The number of para-hydroxylation sites is 2. The van der Waals surface area contributed by atoms with Crippen molar-refractivity contribution in [1.29, 1.82) is 0 Å². The van der Waals surface area contributed by atoms with Crippen molar-refractivity contribution in [3.8, 4) is 11.5 Å². The van der Waals surface area contributed by atoms with Crippen LogP contribution in [-0.4, -0.2) is 12.7 Å². The highest BCUT2D eigenvalue weighted by Gasteiger charge is 2.09. The Morgan fingerprint density at radius 2 is 1.38 bits per heavy atom. The molecule has 0 aliphatic rings. The van der Waals surface area contributed by atoms with E-state index in [0.29, 0.717) is 6.61 Å². The summed E-state index contributed by atoms with van der Waals surface area (Å²) < 4.78 is 11.9. The first-order valence-corrected chi connectivity index (χ1v) is 8.27.